The fraction of sp³-hybridized carbons (Fsp3) is 0.381. The van der Waals surface area contributed by atoms with Crippen LogP contribution in [0.25, 0.3) is 0 Å². The van der Waals surface area contributed by atoms with Crippen LogP contribution in [0.5, 0.6) is 0 Å². The molecule has 0 bridgehead atoms. The lowest BCUT2D eigenvalue weighted by Gasteiger charge is -2.29. The van der Waals surface area contributed by atoms with Crippen LogP contribution in [0.3, 0.4) is 0 Å². The van der Waals surface area contributed by atoms with Gasteiger partial charge in [-0.2, -0.15) is 4.31 Å². The van der Waals surface area contributed by atoms with Crippen molar-refractivity contribution in [3.05, 3.63) is 64.1 Å². The molecule has 1 N–H and O–H groups in total. The average Bonchev–Trinajstić information content (AvgIpc) is 2.73. The summed E-state index contributed by atoms with van der Waals surface area (Å²) >= 11 is 3.40. The minimum absolute atomic E-state index is 0.00714. The molecule has 6 nitrogen and oxygen atoms in total. The second kappa shape index (κ2) is 9.84. The molecule has 1 aliphatic heterocycles. The summed E-state index contributed by atoms with van der Waals surface area (Å²) in [5.41, 5.74) is 1.57. The van der Waals surface area contributed by atoms with Crippen molar-refractivity contribution < 1.29 is 13.2 Å². The van der Waals surface area contributed by atoms with E-state index in [0.717, 1.165) is 23.1 Å². The van der Waals surface area contributed by atoms with E-state index >= 15 is 0 Å². The highest BCUT2D eigenvalue weighted by Crippen LogP contribution is 2.23. The third kappa shape index (κ3) is 5.66. The molecule has 2 aromatic rings. The largest absolute Gasteiger partial charge is 0.340 e. The van der Waals surface area contributed by atoms with Crippen molar-refractivity contribution in [3.63, 3.8) is 0 Å². The Balaban J connectivity index is 1.81. The van der Waals surface area contributed by atoms with E-state index in [-0.39, 0.29) is 30.3 Å². The zero-order valence-electron chi connectivity index (χ0n) is 16.5. The Bertz CT molecular complexity index is 942. The molecule has 1 fully saturated rings. The minimum Gasteiger partial charge on any atom is -0.340 e. The summed E-state index contributed by atoms with van der Waals surface area (Å²) in [6, 6.07) is 14.5. The first kappa shape index (κ1) is 22.0. The second-order valence-electron chi connectivity index (χ2n) is 7.11. The predicted molar refractivity (Wildman–Crippen MR) is 117 cm³/mol. The van der Waals surface area contributed by atoms with Gasteiger partial charge in [-0.1, -0.05) is 46.3 Å². The number of hydrogen-bond donors (Lipinski definition) is 1. The summed E-state index contributed by atoms with van der Waals surface area (Å²) in [5, 5.41) is 3.22. The fourth-order valence-electron chi connectivity index (χ4n) is 3.36. The van der Waals surface area contributed by atoms with Gasteiger partial charge in [0.25, 0.3) is 0 Å². The molecule has 0 radical (unpaired) electrons. The van der Waals surface area contributed by atoms with Gasteiger partial charge in [-0.25, -0.2) is 8.42 Å². The number of nitrogens with one attached hydrogen (secondary N) is 1. The molecule has 8 heteroatoms. The molecule has 1 aliphatic rings. The van der Waals surface area contributed by atoms with E-state index in [1.807, 2.05) is 30.3 Å². The lowest BCUT2D eigenvalue weighted by Crippen LogP contribution is -2.47. The fourth-order valence-corrected chi connectivity index (χ4v) is 5.27. The van der Waals surface area contributed by atoms with Crippen LogP contribution in [-0.4, -0.2) is 56.3 Å². The lowest BCUT2D eigenvalue weighted by atomic mass is 10.2. The van der Waals surface area contributed by atoms with Crippen LogP contribution < -0.4 is 5.32 Å². The molecule has 3 rings (SSSR count). The van der Waals surface area contributed by atoms with Gasteiger partial charge in [0.2, 0.25) is 15.9 Å². The third-order valence-corrected chi connectivity index (χ3v) is 7.56. The van der Waals surface area contributed by atoms with Crippen LogP contribution in [0.1, 0.15) is 17.5 Å². The van der Waals surface area contributed by atoms with Crippen molar-refractivity contribution in [2.24, 2.45) is 0 Å². The summed E-state index contributed by atoms with van der Waals surface area (Å²) in [6.07, 6.45) is 0.168. The summed E-state index contributed by atoms with van der Waals surface area (Å²) in [4.78, 5) is 14.7. The van der Waals surface area contributed by atoms with Crippen molar-refractivity contribution in [2.75, 3.05) is 32.7 Å². The van der Waals surface area contributed by atoms with Crippen LogP contribution in [-0.2, 0) is 21.4 Å². The van der Waals surface area contributed by atoms with Crippen molar-refractivity contribution >= 4 is 31.9 Å². The molecule has 0 atom stereocenters. The van der Waals surface area contributed by atoms with Gasteiger partial charge in [-0.15, -0.1) is 0 Å². The summed E-state index contributed by atoms with van der Waals surface area (Å²) in [7, 11) is -3.73. The quantitative estimate of drug-likeness (QED) is 0.662. The Labute approximate surface area is 181 Å². The second-order valence-corrected chi connectivity index (χ2v) is 9.93. The van der Waals surface area contributed by atoms with E-state index in [1.54, 1.807) is 30.0 Å². The van der Waals surface area contributed by atoms with Crippen LogP contribution in [0.4, 0.5) is 0 Å². The van der Waals surface area contributed by atoms with Crippen LogP contribution in [0.2, 0.25) is 0 Å². The molecule has 1 saturated heterocycles. The third-order valence-electron chi connectivity index (χ3n) is 5.03. The Hall–Kier alpha value is -1.74. The van der Waals surface area contributed by atoms with Crippen LogP contribution >= 0.6 is 15.9 Å². The zero-order chi connectivity index (χ0) is 20.9. The van der Waals surface area contributed by atoms with Gasteiger partial charge < -0.3 is 10.2 Å². The SMILES string of the molecule is Cc1ccccc1S(=O)(=O)N(CCC(=O)N1CCNCC1)Cc1ccc(Br)cc1. The summed E-state index contributed by atoms with van der Waals surface area (Å²) in [6.45, 7) is 5.03. The minimum atomic E-state index is -3.73. The first-order valence-electron chi connectivity index (χ1n) is 9.66. The number of piperazine rings is 1. The van der Waals surface area contributed by atoms with E-state index in [9.17, 15) is 13.2 Å². The van der Waals surface area contributed by atoms with Crippen molar-refractivity contribution in [1.29, 1.82) is 0 Å². The monoisotopic (exact) mass is 479 g/mol. The van der Waals surface area contributed by atoms with E-state index in [2.05, 4.69) is 21.2 Å². The molecule has 2 aromatic carbocycles. The highest BCUT2D eigenvalue weighted by Gasteiger charge is 2.27. The highest BCUT2D eigenvalue weighted by atomic mass is 79.9. The topological polar surface area (TPSA) is 69.7 Å². The van der Waals surface area contributed by atoms with Crippen LogP contribution in [0.15, 0.2) is 57.9 Å². The molecular weight excluding hydrogens is 454 g/mol. The Morgan fingerprint density at radius 1 is 1.10 bits per heavy atom. The molecule has 0 aromatic heterocycles. The van der Waals surface area contributed by atoms with Crippen molar-refractivity contribution in [3.8, 4) is 0 Å². The Morgan fingerprint density at radius 3 is 2.41 bits per heavy atom. The molecule has 156 valence electrons. The van der Waals surface area contributed by atoms with Gasteiger partial charge in [-0.3, -0.25) is 4.79 Å². The van der Waals surface area contributed by atoms with E-state index in [4.69, 9.17) is 0 Å². The van der Waals surface area contributed by atoms with Gasteiger partial charge in [0, 0.05) is 50.2 Å². The smallest absolute Gasteiger partial charge is 0.243 e. The van der Waals surface area contributed by atoms with Crippen molar-refractivity contribution in [1.82, 2.24) is 14.5 Å². The molecule has 0 aliphatic carbocycles. The Morgan fingerprint density at radius 2 is 1.76 bits per heavy atom. The molecule has 1 heterocycles. The molecule has 0 saturated carbocycles. The van der Waals surface area contributed by atoms with Gasteiger partial charge in [0.1, 0.15) is 0 Å². The number of carbonyl (C=O) groups is 1. The zero-order valence-corrected chi connectivity index (χ0v) is 18.9. The first-order chi connectivity index (χ1) is 13.9. The maximum Gasteiger partial charge on any atom is 0.243 e. The number of hydrogen-bond acceptors (Lipinski definition) is 4. The summed E-state index contributed by atoms with van der Waals surface area (Å²) in [5.74, 6) is -0.00714. The number of amides is 1. The van der Waals surface area contributed by atoms with Gasteiger partial charge >= 0.3 is 0 Å². The van der Waals surface area contributed by atoms with E-state index in [0.29, 0.717) is 18.7 Å². The summed E-state index contributed by atoms with van der Waals surface area (Å²) < 4.78 is 29.1. The number of sulfonamides is 1. The number of nitrogens with zero attached hydrogens (tertiary/aromatic N) is 2. The van der Waals surface area contributed by atoms with Crippen LogP contribution in [0, 0.1) is 6.92 Å². The molecule has 29 heavy (non-hydrogen) atoms. The Kier molecular flexibility index (Phi) is 7.45. The lowest BCUT2D eigenvalue weighted by molar-refractivity contribution is -0.131. The highest BCUT2D eigenvalue weighted by molar-refractivity contribution is 9.10. The number of aryl methyl sites for hydroxylation is 1. The molecular formula is C21H26BrN3O3S. The number of benzene rings is 2. The van der Waals surface area contributed by atoms with Gasteiger partial charge in [0.15, 0.2) is 0 Å². The normalized spacial score (nSPS) is 14.9. The molecule has 1 amide bonds. The standard InChI is InChI=1S/C21H26BrN3O3S/c1-17-4-2-3-5-20(17)29(27,28)25(16-18-6-8-19(22)9-7-18)13-10-21(26)24-14-11-23-12-15-24/h2-9,23H,10-16H2,1H3. The van der Waals surface area contributed by atoms with E-state index in [1.165, 1.54) is 4.31 Å². The van der Waals surface area contributed by atoms with Gasteiger partial charge in [-0.05, 0) is 36.2 Å². The average molecular weight is 480 g/mol. The molecule has 0 unspecified atom stereocenters. The van der Waals surface area contributed by atoms with Crippen molar-refractivity contribution in [2.45, 2.75) is 24.8 Å². The number of rotatable bonds is 7. The van der Waals surface area contributed by atoms with E-state index < -0.39 is 10.0 Å². The molecule has 0 spiro atoms. The number of halogens is 1. The predicted octanol–water partition coefficient (Wildman–Crippen LogP) is 2.77. The first-order valence-corrected chi connectivity index (χ1v) is 11.9. The maximum atomic E-state index is 13.4. The van der Waals surface area contributed by atoms with Gasteiger partial charge in [0.05, 0.1) is 4.90 Å². The number of carbonyl (C=O) groups excluding carboxylic acids is 1. The maximum absolute atomic E-state index is 13.4.